The molecule has 3 aliphatic rings. The molecule has 0 radical (unpaired) electrons. The van der Waals surface area contributed by atoms with Gasteiger partial charge in [0.1, 0.15) is 23.4 Å². The molecule has 2 aromatic carbocycles. The van der Waals surface area contributed by atoms with E-state index in [1.54, 1.807) is 24.4 Å². The summed E-state index contributed by atoms with van der Waals surface area (Å²) >= 11 is 12.5. The molecule has 6 rings (SSSR count). The Morgan fingerprint density at radius 2 is 1.86 bits per heavy atom. The zero-order chi connectivity index (χ0) is 31.3. The first-order valence-corrected chi connectivity index (χ1v) is 14.8. The van der Waals surface area contributed by atoms with Gasteiger partial charge in [-0.15, -0.1) is 0 Å². The van der Waals surface area contributed by atoms with Crippen molar-refractivity contribution in [2.45, 2.75) is 50.7 Å². The fraction of sp³-hybridized carbons (Fsp3) is 0.333. The first-order valence-electron chi connectivity index (χ1n) is 14.1. The van der Waals surface area contributed by atoms with Crippen LogP contribution >= 0.6 is 23.2 Å². The number of anilines is 2. The lowest BCUT2D eigenvalue weighted by Gasteiger charge is -2.40. The minimum Gasteiger partial charge on any atom is -0.382 e. The summed E-state index contributed by atoms with van der Waals surface area (Å²) in [6.07, 6.45) is 3.10. The summed E-state index contributed by atoms with van der Waals surface area (Å²) in [6, 6.07) is 6.79. The lowest BCUT2D eigenvalue weighted by atomic mass is 9.89. The van der Waals surface area contributed by atoms with Gasteiger partial charge < -0.3 is 16.0 Å². The number of nitrogens with one attached hydrogen (secondary N) is 2. The van der Waals surface area contributed by atoms with Gasteiger partial charge in [0.15, 0.2) is 5.82 Å². The first-order chi connectivity index (χ1) is 21.0. The van der Waals surface area contributed by atoms with E-state index < -0.39 is 35.5 Å². The number of hydrogen-bond acceptors (Lipinski definition) is 9. The van der Waals surface area contributed by atoms with Crippen LogP contribution in [0.25, 0.3) is 11.3 Å². The highest BCUT2D eigenvalue weighted by Gasteiger charge is 2.46. The Labute approximate surface area is 261 Å². The Kier molecular flexibility index (Phi) is 7.76. The van der Waals surface area contributed by atoms with E-state index in [1.807, 2.05) is 0 Å². The number of carbonyl (C=O) groups excluding carboxylic acids is 4. The second kappa shape index (κ2) is 11.4. The van der Waals surface area contributed by atoms with Crippen LogP contribution in [0.4, 0.5) is 16.0 Å². The second-order valence-corrected chi connectivity index (χ2v) is 12.2. The molecule has 2 saturated heterocycles. The number of fused-ring (bicyclic) bond motifs is 1. The maximum atomic E-state index is 15.2. The molecule has 0 bridgehead atoms. The van der Waals surface area contributed by atoms with Crippen LogP contribution in [0.15, 0.2) is 36.5 Å². The Balaban J connectivity index is 1.10. The Hall–Kier alpha value is -4.13. The molecule has 4 amide bonds. The number of rotatable bonds is 6. The van der Waals surface area contributed by atoms with E-state index in [0.29, 0.717) is 45.8 Å². The average Bonchev–Trinajstić information content (AvgIpc) is 3.23. The highest BCUT2D eigenvalue weighted by atomic mass is 35.5. The minimum atomic E-state index is -1.16. The molecule has 3 aromatic rings. The fourth-order valence-electron chi connectivity index (χ4n) is 5.87. The Morgan fingerprint density at radius 1 is 1.11 bits per heavy atom. The van der Waals surface area contributed by atoms with Gasteiger partial charge in [0.2, 0.25) is 11.8 Å². The molecule has 11 nitrogen and oxygen atoms in total. The van der Waals surface area contributed by atoms with Gasteiger partial charge in [0.05, 0.1) is 27.4 Å². The van der Waals surface area contributed by atoms with Crippen molar-refractivity contribution < 1.29 is 23.6 Å². The lowest BCUT2D eigenvalue weighted by Crippen LogP contribution is -2.54. The van der Waals surface area contributed by atoms with Crippen molar-refractivity contribution in [3.63, 3.8) is 0 Å². The smallest absolute Gasteiger partial charge is 0.265 e. The van der Waals surface area contributed by atoms with E-state index >= 15 is 4.39 Å². The molecule has 3 aliphatic heterocycles. The molecule has 4 N–H and O–H groups in total. The third-order valence-corrected chi connectivity index (χ3v) is 9.28. The monoisotopic (exact) mass is 639 g/mol. The number of halogens is 3. The third kappa shape index (κ3) is 5.37. The quantitative estimate of drug-likeness (QED) is 0.343. The predicted octanol–water partition coefficient (Wildman–Crippen LogP) is 3.72. The van der Waals surface area contributed by atoms with Gasteiger partial charge in [-0.25, -0.2) is 14.4 Å². The van der Waals surface area contributed by atoms with Crippen molar-refractivity contribution in [2.24, 2.45) is 0 Å². The molecule has 14 heteroatoms. The van der Waals surface area contributed by atoms with Crippen molar-refractivity contribution in [1.82, 2.24) is 25.5 Å². The summed E-state index contributed by atoms with van der Waals surface area (Å²) in [5, 5.41) is 6.37. The lowest BCUT2D eigenvalue weighted by molar-refractivity contribution is -0.136. The molecular formula is C30H28Cl2FN7O4. The fourth-order valence-corrected chi connectivity index (χ4v) is 6.26. The van der Waals surface area contributed by atoms with Crippen molar-refractivity contribution in [3.8, 4) is 11.3 Å². The van der Waals surface area contributed by atoms with Crippen LogP contribution < -0.4 is 21.3 Å². The SMILES string of the molecule is CC1(NCc2cc(F)c3c(c2)C(=O)N(C2CCC(=O)NC2=O)C3=O)CCN(c2cnc(-c3cccc(Cl)c3Cl)c(N)n2)CC1. The molecule has 2 fully saturated rings. The summed E-state index contributed by atoms with van der Waals surface area (Å²) < 4.78 is 15.2. The number of nitrogens with two attached hydrogens (primary N) is 1. The summed E-state index contributed by atoms with van der Waals surface area (Å²) in [7, 11) is 0. The van der Waals surface area contributed by atoms with Crippen LogP contribution in [0.3, 0.4) is 0 Å². The van der Waals surface area contributed by atoms with E-state index in [1.165, 1.54) is 12.1 Å². The molecule has 4 heterocycles. The summed E-state index contributed by atoms with van der Waals surface area (Å²) in [5.41, 5.74) is 7.04. The van der Waals surface area contributed by atoms with Crippen molar-refractivity contribution in [1.29, 1.82) is 0 Å². The molecule has 1 unspecified atom stereocenters. The van der Waals surface area contributed by atoms with Crippen molar-refractivity contribution in [2.75, 3.05) is 23.7 Å². The number of amides is 4. The summed E-state index contributed by atoms with van der Waals surface area (Å²) in [6.45, 7) is 3.63. The van der Waals surface area contributed by atoms with E-state index in [-0.39, 0.29) is 41.9 Å². The second-order valence-electron chi connectivity index (χ2n) is 11.4. The zero-order valence-corrected chi connectivity index (χ0v) is 25.1. The molecule has 44 heavy (non-hydrogen) atoms. The zero-order valence-electron chi connectivity index (χ0n) is 23.6. The number of benzene rings is 2. The molecule has 1 aromatic heterocycles. The first kappa shape index (κ1) is 29.9. The van der Waals surface area contributed by atoms with Crippen LogP contribution in [0.2, 0.25) is 10.0 Å². The van der Waals surface area contributed by atoms with Crippen molar-refractivity contribution in [3.05, 3.63) is 69.1 Å². The normalized spacial score (nSPS) is 19.8. The summed E-state index contributed by atoms with van der Waals surface area (Å²) in [5.74, 6) is -2.79. The molecule has 1 atom stereocenters. The maximum absolute atomic E-state index is 15.2. The number of aromatic nitrogens is 2. The van der Waals surface area contributed by atoms with E-state index in [9.17, 15) is 19.2 Å². The number of imide groups is 2. The molecule has 228 valence electrons. The molecule has 0 aliphatic carbocycles. The van der Waals surface area contributed by atoms with E-state index in [0.717, 1.165) is 17.7 Å². The topological polar surface area (TPSA) is 151 Å². The number of piperidine rings is 2. The number of nitrogens with zero attached hydrogens (tertiary/aromatic N) is 4. The molecule has 0 spiro atoms. The van der Waals surface area contributed by atoms with Gasteiger partial charge in [-0.2, -0.15) is 0 Å². The minimum absolute atomic E-state index is 0.000107. The Bertz CT molecular complexity index is 1730. The van der Waals surface area contributed by atoms with Crippen LogP contribution in [-0.2, 0) is 16.1 Å². The third-order valence-electron chi connectivity index (χ3n) is 8.46. The largest absolute Gasteiger partial charge is 0.382 e. The van der Waals surface area contributed by atoms with Gasteiger partial charge in [-0.1, -0.05) is 35.3 Å². The number of hydrogen-bond donors (Lipinski definition) is 3. The number of carbonyl (C=O) groups is 4. The molecule has 0 saturated carbocycles. The van der Waals surface area contributed by atoms with Gasteiger partial charge in [-0.3, -0.25) is 29.4 Å². The standard InChI is InChI=1S/C30H28Cl2FN7O4/c1-30(7-9-39(10-8-30)21-14-35-25(26(34)37-21)16-3-2-4-18(31)24(16)32)36-13-15-11-17-23(19(33)12-15)29(44)40(28(17)43)20-5-6-22(41)38-27(20)42/h2-4,11-12,14,20,36H,5-10,13H2,1H3,(H2,34,37)(H,38,41,42). The van der Waals surface area contributed by atoms with Gasteiger partial charge in [0, 0.05) is 37.2 Å². The number of nitrogen functional groups attached to an aromatic ring is 1. The highest BCUT2D eigenvalue weighted by Crippen LogP contribution is 2.36. The highest BCUT2D eigenvalue weighted by molar-refractivity contribution is 6.43. The maximum Gasteiger partial charge on any atom is 0.265 e. The average molecular weight is 641 g/mol. The van der Waals surface area contributed by atoms with Gasteiger partial charge in [-0.05, 0) is 49.9 Å². The molecular weight excluding hydrogens is 612 g/mol. The Morgan fingerprint density at radius 3 is 2.57 bits per heavy atom. The predicted molar refractivity (Wildman–Crippen MR) is 162 cm³/mol. The van der Waals surface area contributed by atoms with Crippen LogP contribution in [0.1, 0.15) is 58.9 Å². The van der Waals surface area contributed by atoms with Gasteiger partial charge >= 0.3 is 0 Å². The van der Waals surface area contributed by atoms with E-state index in [2.05, 4.69) is 32.4 Å². The van der Waals surface area contributed by atoms with Crippen LogP contribution in [-0.4, -0.2) is 63.2 Å². The van der Waals surface area contributed by atoms with E-state index in [4.69, 9.17) is 28.9 Å². The summed E-state index contributed by atoms with van der Waals surface area (Å²) in [4.78, 5) is 61.9. The van der Waals surface area contributed by atoms with Crippen molar-refractivity contribution >= 4 is 58.5 Å². The van der Waals surface area contributed by atoms with Crippen LogP contribution in [0.5, 0.6) is 0 Å². The van der Waals surface area contributed by atoms with Crippen LogP contribution in [0, 0.1) is 5.82 Å². The van der Waals surface area contributed by atoms with Gasteiger partial charge in [0.25, 0.3) is 11.8 Å².